The molecule has 0 aliphatic carbocycles. The maximum Gasteiger partial charge on any atom is 0.573 e. The number of hydrogen-bond donors (Lipinski definition) is 0. The Balaban J connectivity index is 1.98. The van der Waals surface area contributed by atoms with Crippen LogP contribution < -0.4 is 4.74 Å². The van der Waals surface area contributed by atoms with Gasteiger partial charge < -0.3 is 9.57 Å². The SMILES string of the molecule is FC(F)c1cccc(C=NOCc2ccccc2OC(F)(F)F)c1. The zero-order chi connectivity index (χ0) is 17.6. The molecule has 128 valence electrons. The van der Waals surface area contributed by atoms with Crippen molar-refractivity contribution in [2.75, 3.05) is 0 Å². The number of para-hydroxylation sites is 1. The summed E-state index contributed by atoms with van der Waals surface area (Å²) < 4.78 is 65.8. The number of hydrogen-bond acceptors (Lipinski definition) is 3. The third-order valence-electron chi connectivity index (χ3n) is 2.86. The van der Waals surface area contributed by atoms with Gasteiger partial charge in [-0.3, -0.25) is 0 Å². The molecule has 24 heavy (non-hydrogen) atoms. The van der Waals surface area contributed by atoms with Gasteiger partial charge in [-0.2, -0.15) is 0 Å². The van der Waals surface area contributed by atoms with Gasteiger partial charge in [0.05, 0.1) is 6.21 Å². The van der Waals surface area contributed by atoms with Gasteiger partial charge in [-0.05, 0) is 17.7 Å². The monoisotopic (exact) mass is 345 g/mol. The first-order valence-corrected chi connectivity index (χ1v) is 6.72. The Morgan fingerprint density at radius 1 is 1.04 bits per heavy atom. The molecular formula is C16H12F5NO2. The van der Waals surface area contributed by atoms with Crippen LogP contribution in [0.2, 0.25) is 0 Å². The van der Waals surface area contributed by atoms with Gasteiger partial charge in [0, 0.05) is 11.1 Å². The number of ether oxygens (including phenoxy) is 1. The molecule has 0 saturated carbocycles. The lowest BCUT2D eigenvalue weighted by molar-refractivity contribution is -0.275. The molecule has 2 aromatic rings. The van der Waals surface area contributed by atoms with Crippen molar-refractivity contribution in [1.82, 2.24) is 0 Å². The van der Waals surface area contributed by atoms with Crippen LogP contribution in [0.25, 0.3) is 0 Å². The molecule has 0 aliphatic heterocycles. The van der Waals surface area contributed by atoms with Gasteiger partial charge in [0.2, 0.25) is 0 Å². The van der Waals surface area contributed by atoms with Gasteiger partial charge in [0.25, 0.3) is 6.43 Å². The van der Waals surface area contributed by atoms with Gasteiger partial charge in [0.15, 0.2) is 0 Å². The van der Waals surface area contributed by atoms with Crippen molar-refractivity contribution in [1.29, 1.82) is 0 Å². The molecule has 8 heteroatoms. The third kappa shape index (κ3) is 5.53. The lowest BCUT2D eigenvalue weighted by atomic mass is 10.1. The molecule has 0 aromatic heterocycles. The molecule has 0 aliphatic rings. The number of benzene rings is 2. The van der Waals surface area contributed by atoms with Gasteiger partial charge in [-0.25, -0.2) is 8.78 Å². The van der Waals surface area contributed by atoms with Crippen LogP contribution in [-0.4, -0.2) is 12.6 Å². The Labute approximate surface area is 134 Å². The molecule has 0 atom stereocenters. The highest BCUT2D eigenvalue weighted by atomic mass is 19.4. The first kappa shape index (κ1) is 17.7. The predicted octanol–water partition coefficient (Wildman–Crippen LogP) is 5.07. The summed E-state index contributed by atoms with van der Waals surface area (Å²) in [6.07, 6.45) is -6.22. The van der Waals surface area contributed by atoms with E-state index in [-0.39, 0.29) is 23.5 Å². The fourth-order valence-electron chi connectivity index (χ4n) is 1.83. The minimum atomic E-state index is -4.81. The van der Waals surface area contributed by atoms with Crippen LogP contribution in [0.3, 0.4) is 0 Å². The average Bonchev–Trinajstić information content (AvgIpc) is 2.52. The topological polar surface area (TPSA) is 30.8 Å². The molecule has 0 bridgehead atoms. The molecule has 0 radical (unpaired) electrons. The van der Waals surface area contributed by atoms with Crippen LogP contribution >= 0.6 is 0 Å². The van der Waals surface area contributed by atoms with Gasteiger partial charge in [-0.15, -0.1) is 13.2 Å². The quantitative estimate of drug-likeness (QED) is 0.416. The normalized spacial score (nSPS) is 11.9. The fourth-order valence-corrected chi connectivity index (χ4v) is 1.83. The Kier molecular flexibility index (Phi) is 5.73. The van der Waals surface area contributed by atoms with Crippen molar-refractivity contribution < 1.29 is 31.5 Å². The summed E-state index contributed by atoms with van der Waals surface area (Å²) in [5, 5.41) is 3.57. The Morgan fingerprint density at radius 2 is 1.79 bits per heavy atom. The zero-order valence-corrected chi connectivity index (χ0v) is 12.1. The van der Waals surface area contributed by atoms with Crippen molar-refractivity contribution in [3.63, 3.8) is 0 Å². The average molecular weight is 345 g/mol. The second-order valence-corrected chi connectivity index (χ2v) is 4.63. The maximum absolute atomic E-state index is 12.6. The largest absolute Gasteiger partial charge is 0.573 e. The fraction of sp³-hybridized carbons (Fsp3) is 0.188. The van der Waals surface area contributed by atoms with Crippen molar-refractivity contribution in [2.24, 2.45) is 5.16 Å². The molecule has 0 amide bonds. The van der Waals surface area contributed by atoms with E-state index in [1.165, 1.54) is 42.6 Å². The lowest BCUT2D eigenvalue weighted by Crippen LogP contribution is -2.18. The molecular weight excluding hydrogens is 333 g/mol. The number of oxime groups is 1. The van der Waals surface area contributed by atoms with E-state index in [0.29, 0.717) is 5.56 Å². The number of rotatable bonds is 6. The molecule has 2 rings (SSSR count). The highest BCUT2D eigenvalue weighted by Gasteiger charge is 2.32. The van der Waals surface area contributed by atoms with Crippen LogP contribution in [0.1, 0.15) is 23.1 Å². The van der Waals surface area contributed by atoms with Gasteiger partial charge in [0.1, 0.15) is 12.4 Å². The minimum absolute atomic E-state index is 0.147. The summed E-state index contributed by atoms with van der Waals surface area (Å²) in [6, 6.07) is 11.0. The number of halogens is 5. The van der Waals surface area contributed by atoms with Crippen molar-refractivity contribution in [2.45, 2.75) is 19.4 Å². The van der Waals surface area contributed by atoms with E-state index < -0.39 is 12.8 Å². The zero-order valence-electron chi connectivity index (χ0n) is 12.1. The molecule has 0 unspecified atom stereocenters. The van der Waals surface area contributed by atoms with E-state index in [1.54, 1.807) is 6.07 Å². The smallest absolute Gasteiger partial charge is 0.405 e. The summed E-state index contributed by atoms with van der Waals surface area (Å²) in [6.45, 7) is -0.267. The highest BCUT2D eigenvalue weighted by molar-refractivity contribution is 5.79. The van der Waals surface area contributed by atoms with Crippen LogP contribution in [0, 0.1) is 0 Å². The molecule has 0 heterocycles. The van der Waals surface area contributed by atoms with Crippen molar-refractivity contribution >= 4 is 6.21 Å². The van der Waals surface area contributed by atoms with Crippen molar-refractivity contribution in [3.8, 4) is 5.75 Å². The standard InChI is InChI=1S/C16H12F5NO2/c17-15(18)12-6-3-4-11(8-12)9-22-23-10-13-5-1-2-7-14(13)24-16(19,20)21/h1-9,15H,10H2. The van der Waals surface area contributed by atoms with E-state index in [1.807, 2.05) is 0 Å². The van der Waals surface area contributed by atoms with Gasteiger partial charge >= 0.3 is 6.36 Å². The van der Waals surface area contributed by atoms with Gasteiger partial charge in [-0.1, -0.05) is 41.6 Å². The first-order chi connectivity index (χ1) is 11.3. The Hall–Kier alpha value is -2.64. The molecule has 0 fully saturated rings. The number of nitrogens with zero attached hydrogens (tertiary/aromatic N) is 1. The van der Waals surface area contributed by atoms with Crippen LogP contribution in [0.4, 0.5) is 22.0 Å². The molecule has 0 N–H and O–H groups in total. The summed E-state index contributed by atoms with van der Waals surface area (Å²) in [5.74, 6) is -0.389. The first-order valence-electron chi connectivity index (χ1n) is 6.72. The van der Waals surface area contributed by atoms with E-state index in [0.717, 1.165) is 6.07 Å². The summed E-state index contributed by atoms with van der Waals surface area (Å²) in [7, 11) is 0. The summed E-state index contributed by atoms with van der Waals surface area (Å²) in [5.41, 5.74) is 0.365. The van der Waals surface area contributed by atoms with Crippen molar-refractivity contribution in [3.05, 3.63) is 65.2 Å². The second-order valence-electron chi connectivity index (χ2n) is 4.63. The molecule has 0 saturated heterocycles. The van der Waals surface area contributed by atoms with Crippen LogP contribution in [0.5, 0.6) is 5.75 Å². The Morgan fingerprint density at radius 3 is 2.50 bits per heavy atom. The summed E-state index contributed by atoms with van der Waals surface area (Å²) >= 11 is 0. The number of alkyl halides is 5. The van der Waals surface area contributed by atoms with E-state index >= 15 is 0 Å². The Bertz CT molecular complexity index is 701. The third-order valence-corrected chi connectivity index (χ3v) is 2.86. The maximum atomic E-state index is 12.6. The molecule has 2 aromatic carbocycles. The second kappa shape index (κ2) is 7.76. The van der Waals surface area contributed by atoms with Crippen LogP contribution in [-0.2, 0) is 11.4 Å². The van der Waals surface area contributed by atoms with E-state index in [2.05, 4.69) is 9.89 Å². The lowest BCUT2D eigenvalue weighted by Gasteiger charge is -2.12. The van der Waals surface area contributed by atoms with Crippen LogP contribution in [0.15, 0.2) is 53.7 Å². The van der Waals surface area contributed by atoms with E-state index in [9.17, 15) is 22.0 Å². The summed E-state index contributed by atoms with van der Waals surface area (Å²) in [4.78, 5) is 4.91. The molecule has 0 spiro atoms. The molecule has 3 nitrogen and oxygen atoms in total. The highest BCUT2D eigenvalue weighted by Crippen LogP contribution is 2.26. The van der Waals surface area contributed by atoms with E-state index in [4.69, 9.17) is 4.84 Å². The minimum Gasteiger partial charge on any atom is -0.405 e. The predicted molar refractivity (Wildman–Crippen MR) is 76.9 cm³/mol.